The lowest BCUT2D eigenvalue weighted by atomic mass is 9.99. The van der Waals surface area contributed by atoms with E-state index in [1.165, 1.54) is 28.0 Å². The number of aryl methyl sites for hydroxylation is 3. The predicted octanol–water partition coefficient (Wildman–Crippen LogP) is 5.79. The quantitative estimate of drug-likeness (QED) is 0.536. The van der Waals surface area contributed by atoms with Gasteiger partial charge in [-0.2, -0.15) is 0 Å². The van der Waals surface area contributed by atoms with Crippen molar-refractivity contribution in [3.8, 4) is 22.8 Å². The van der Waals surface area contributed by atoms with E-state index in [2.05, 4.69) is 43.2 Å². The number of thiazole rings is 1. The fourth-order valence-corrected chi connectivity index (χ4v) is 3.76. The smallest absolute Gasteiger partial charge is 0.257 e. The highest BCUT2D eigenvalue weighted by molar-refractivity contribution is 7.14. The summed E-state index contributed by atoms with van der Waals surface area (Å²) in [4.78, 5) is 17.3. The molecule has 0 atom stereocenters. The van der Waals surface area contributed by atoms with Gasteiger partial charge in [0, 0.05) is 16.5 Å². The van der Waals surface area contributed by atoms with Gasteiger partial charge in [-0.05, 0) is 75.6 Å². The maximum absolute atomic E-state index is 12.7. The molecule has 1 aromatic heterocycles. The number of hydrogen-bond donors (Lipinski definition) is 1. The van der Waals surface area contributed by atoms with E-state index in [0.717, 1.165) is 11.3 Å². The molecule has 0 radical (unpaired) electrons. The van der Waals surface area contributed by atoms with Gasteiger partial charge >= 0.3 is 0 Å². The Balaban J connectivity index is 1.80. The Hall–Kier alpha value is -2.86. The summed E-state index contributed by atoms with van der Waals surface area (Å²) in [6.45, 7) is 11.1. The Bertz CT molecular complexity index is 1030. The van der Waals surface area contributed by atoms with Crippen LogP contribution in [-0.2, 0) is 0 Å². The van der Waals surface area contributed by atoms with Crippen LogP contribution in [0.25, 0.3) is 11.3 Å². The van der Waals surface area contributed by atoms with Crippen LogP contribution in [-0.4, -0.2) is 24.1 Å². The maximum Gasteiger partial charge on any atom is 0.257 e. The number of carbonyl (C=O) groups excluding carboxylic acids is 1. The van der Waals surface area contributed by atoms with Gasteiger partial charge in [0.2, 0.25) is 0 Å². The molecular formula is C23H26N2O3S. The Morgan fingerprint density at radius 3 is 2.38 bits per heavy atom. The third-order valence-corrected chi connectivity index (χ3v) is 5.40. The minimum atomic E-state index is -0.230. The second-order valence-corrected chi connectivity index (χ2v) is 7.63. The molecule has 0 aliphatic carbocycles. The molecule has 0 bridgehead atoms. The third kappa shape index (κ3) is 4.77. The highest BCUT2D eigenvalue weighted by Crippen LogP contribution is 2.31. The molecule has 5 nitrogen and oxygen atoms in total. The number of nitrogens with zero attached hydrogens (tertiary/aromatic N) is 1. The van der Waals surface area contributed by atoms with Crippen molar-refractivity contribution in [2.75, 3.05) is 18.5 Å². The SMILES string of the molecule is CCOc1ccc(C(=O)Nc2nc(-c3cc(C)c(C)cc3C)cs2)cc1OCC. The molecule has 3 rings (SSSR count). The summed E-state index contributed by atoms with van der Waals surface area (Å²) < 4.78 is 11.2. The average Bonchev–Trinajstić information content (AvgIpc) is 3.14. The Kier molecular flexibility index (Phi) is 6.54. The van der Waals surface area contributed by atoms with Gasteiger partial charge < -0.3 is 9.47 Å². The molecule has 0 fully saturated rings. The summed E-state index contributed by atoms with van der Waals surface area (Å²) in [5, 5.41) is 5.42. The topological polar surface area (TPSA) is 60.5 Å². The van der Waals surface area contributed by atoms with Crippen molar-refractivity contribution in [1.82, 2.24) is 4.98 Å². The van der Waals surface area contributed by atoms with Crippen molar-refractivity contribution >= 4 is 22.4 Å². The largest absolute Gasteiger partial charge is 0.490 e. The van der Waals surface area contributed by atoms with Crippen LogP contribution in [0.1, 0.15) is 40.9 Å². The first kappa shape index (κ1) is 20.9. The first-order valence-electron chi connectivity index (χ1n) is 9.67. The van der Waals surface area contributed by atoms with E-state index in [-0.39, 0.29) is 5.91 Å². The van der Waals surface area contributed by atoms with Crippen molar-refractivity contribution in [1.29, 1.82) is 0 Å². The molecule has 152 valence electrons. The van der Waals surface area contributed by atoms with E-state index in [4.69, 9.17) is 9.47 Å². The van der Waals surface area contributed by atoms with Gasteiger partial charge in [-0.25, -0.2) is 4.98 Å². The summed E-state index contributed by atoms with van der Waals surface area (Å²) in [5.74, 6) is 0.965. The van der Waals surface area contributed by atoms with Crippen molar-refractivity contribution in [2.24, 2.45) is 0 Å². The number of ether oxygens (including phenoxy) is 2. The van der Waals surface area contributed by atoms with Crippen LogP contribution in [0.3, 0.4) is 0 Å². The summed E-state index contributed by atoms with van der Waals surface area (Å²) in [5.41, 5.74) is 6.11. The predicted molar refractivity (Wildman–Crippen MR) is 118 cm³/mol. The number of amides is 1. The number of carbonyl (C=O) groups is 1. The van der Waals surface area contributed by atoms with E-state index in [0.29, 0.717) is 35.4 Å². The van der Waals surface area contributed by atoms with Crippen LogP contribution in [0.2, 0.25) is 0 Å². The Morgan fingerprint density at radius 1 is 0.966 bits per heavy atom. The molecule has 1 N–H and O–H groups in total. The van der Waals surface area contributed by atoms with Crippen molar-refractivity contribution in [3.63, 3.8) is 0 Å². The minimum absolute atomic E-state index is 0.230. The van der Waals surface area contributed by atoms with Crippen molar-refractivity contribution in [3.05, 3.63) is 58.0 Å². The summed E-state index contributed by atoms with van der Waals surface area (Å²) in [6.07, 6.45) is 0. The van der Waals surface area contributed by atoms with E-state index < -0.39 is 0 Å². The molecule has 0 spiro atoms. The molecule has 0 saturated heterocycles. The molecule has 6 heteroatoms. The van der Waals surface area contributed by atoms with Crippen LogP contribution in [0.5, 0.6) is 11.5 Å². The van der Waals surface area contributed by atoms with Gasteiger partial charge in [-0.1, -0.05) is 6.07 Å². The second kappa shape index (κ2) is 9.09. The van der Waals surface area contributed by atoms with Crippen molar-refractivity contribution in [2.45, 2.75) is 34.6 Å². The first-order chi connectivity index (χ1) is 13.9. The highest BCUT2D eigenvalue weighted by atomic mass is 32.1. The molecule has 0 aliphatic rings. The first-order valence-corrected chi connectivity index (χ1v) is 10.6. The standard InChI is InChI=1S/C23H26N2O3S/c1-6-27-20-9-8-17(12-21(20)28-7-2)22(26)25-23-24-19(13-29-23)18-11-15(4)14(3)10-16(18)5/h8-13H,6-7H2,1-5H3,(H,24,25,26). The van der Waals surface area contributed by atoms with Crippen LogP contribution in [0, 0.1) is 20.8 Å². The van der Waals surface area contributed by atoms with Crippen molar-refractivity contribution < 1.29 is 14.3 Å². The number of rotatable bonds is 7. The molecule has 3 aromatic rings. The lowest BCUT2D eigenvalue weighted by molar-refractivity contribution is 0.102. The van der Waals surface area contributed by atoms with Gasteiger partial charge in [0.25, 0.3) is 5.91 Å². The van der Waals surface area contributed by atoms with E-state index in [1.807, 2.05) is 19.2 Å². The molecular weight excluding hydrogens is 384 g/mol. The van der Waals surface area contributed by atoms with E-state index >= 15 is 0 Å². The van der Waals surface area contributed by atoms with Crippen LogP contribution >= 0.6 is 11.3 Å². The summed E-state index contributed by atoms with van der Waals surface area (Å²) in [7, 11) is 0. The fraction of sp³-hybridized carbons (Fsp3) is 0.304. The van der Waals surface area contributed by atoms with Gasteiger partial charge in [0.1, 0.15) is 0 Å². The summed E-state index contributed by atoms with van der Waals surface area (Å²) in [6, 6.07) is 9.50. The molecule has 1 amide bonds. The number of aromatic nitrogens is 1. The molecule has 0 unspecified atom stereocenters. The van der Waals surface area contributed by atoms with Gasteiger partial charge in [-0.3, -0.25) is 10.1 Å². The second-order valence-electron chi connectivity index (χ2n) is 6.77. The lowest BCUT2D eigenvalue weighted by Gasteiger charge is -2.12. The molecule has 1 heterocycles. The molecule has 0 aliphatic heterocycles. The maximum atomic E-state index is 12.7. The van der Waals surface area contributed by atoms with Crippen LogP contribution in [0.4, 0.5) is 5.13 Å². The van der Waals surface area contributed by atoms with Gasteiger partial charge in [0.05, 0.1) is 18.9 Å². The van der Waals surface area contributed by atoms with Crippen LogP contribution < -0.4 is 14.8 Å². The summed E-state index contributed by atoms with van der Waals surface area (Å²) >= 11 is 1.41. The Morgan fingerprint density at radius 2 is 1.66 bits per heavy atom. The third-order valence-electron chi connectivity index (χ3n) is 4.65. The van der Waals surface area contributed by atoms with E-state index in [9.17, 15) is 4.79 Å². The number of anilines is 1. The molecule has 0 saturated carbocycles. The average molecular weight is 411 g/mol. The number of hydrogen-bond acceptors (Lipinski definition) is 5. The van der Waals surface area contributed by atoms with Gasteiger partial charge in [-0.15, -0.1) is 11.3 Å². The Labute approximate surface area is 175 Å². The molecule has 29 heavy (non-hydrogen) atoms. The van der Waals surface area contributed by atoms with E-state index in [1.54, 1.807) is 18.2 Å². The molecule has 2 aromatic carbocycles. The monoisotopic (exact) mass is 410 g/mol. The zero-order valence-corrected chi connectivity index (χ0v) is 18.3. The van der Waals surface area contributed by atoms with Gasteiger partial charge in [0.15, 0.2) is 16.6 Å². The highest BCUT2D eigenvalue weighted by Gasteiger charge is 2.14. The lowest BCUT2D eigenvalue weighted by Crippen LogP contribution is -2.12. The number of benzene rings is 2. The van der Waals surface area contributed by atoms with Crippen LogP contribution in [0.15, 0.2) is 35.7 Å². The zero-order valence-electron chi connectivity index (χ0n) is 17.5. The normalized spacial score (nSPS) is 10.7. The zero-order chi connectivity index (χ0) is 21.0. The number of nitrogens with one attached hydrogen (secondary N) is 1. The minimum Gasteiger partial charge on any atom is -0.490 e. The fourth-order valence-electron chi connectivity index (χ4n) is 3.05.